The van der Waals surface area contributed by atoms with Crippen molar-refractivity contribution in [2.75, 3.05) is 19.7 Å². The average molecular weight is 326 g/mol. The highest BCUT2D eigenvalue weighted by atomic mass is 16.5. The zero-order valence-electron chi connectivity index (χ0n) is 14.0. The topological polar surface area (TPSA) is 62.1 Å². The second-order valence-corrected chi connectivity index (χ2v) is 5.19. The molecule has 0 aliphatic carbocycles. The van der Waals surface area contributed by atoms with Gasteiger partial charge in [-0.15, -0.1) is 0 Å². The van der Waals surface area contributed by atoms with Crippen molar-refractivity contribution in [3.8, 4) is 5.75 Å². The first-order chi connectivity index (χ1) is 11.7. The van der Waals surface area contributed by atoms with E-state index in [1.807, 2.05) is 44.2 Å². The van der Waals surface area contributed by atoms with Crippen LogP contribution < -0.4 is 4.74 Å². The molecule has 0 aliphatic rings. The molecule has 0 atom stereocenters. The Bertz CT molecular complexity index is 678. The zero-order chi connectivity index (χ0) is 17.4. The van der Waals surface area contributed by atoms with Crippen LogP contribution in [0.15, 0.2) is 59.8 Å². The van der Waals surface area contributed by atoms with Gasteiger partial charge in [0.1, 0.15) is 11.5 Å². The highest BCUT2D eigenvalue weighted by molar-refractivity contribution is 6.12. The summed E-state index contributed by atoms with van der Waals surface area (Å²) < 4.78 is 5.53. The van der Waals surface area contributed by atoms with E-state index >= 15 is 0 Å². The lowest BCUT2D eigenvalue weighted by Crippen LogP contribution is -2.34. The monoisotopic (exact) mass is 326 g/mol. The maximum Gasteiger partial charge on any atom is 0.260 e. The molecule has 24 heavy (non-hydrogen) atoms. The van der Waals surface area contributed by atoms with E-state index in [0.29, 0.717) is 24.6 Å². The summed E-state index contributed by atoms with van der Waals surface area (Å²) in [5.41, 5.74) is 2.08. The molecule has 0 heterocycles. The Hall–Kier alpha value is -2.82. The van der Waals surface area contributed by atoms with Crippen LogP contribution in [0, 0.1) is 0 Å². The Labute approximate surface area is 142 Å². The molecule has 0 aliphatic heterocycles. The van der Waals surface area contributed by atoms with Crippen molar-refractivity contribution in [1.82, 2.24) is 4.90 Å². The van der Waals surface area contributed by atoms with E-state index < -0.39 is 0 Å². The maximum absolute atomic E-state index is 11.9. The second kappa shape index (κ2) is 8.72. The number of rotatable bonds is 7. The van der Waals surface area contributed by atoms with Crippen LogP contribution in [0.25, 0.3) is 0 Å². The highest BCUT2D eigenvalue weighted by Crippen LogP contribution is 2.16. The van der Waals surface area contributed by atoms with Gasteiger partial charge in [-0.25, -0.2) is 0 Å². The molecule has 0 radical (unpaired) electrons. The van der Waals surface area contributed by atoms with Crippen LogP contribution in [0.1, 0.15) is 25.0 Å². The lowest BCUT2D eigenvalue weighted by atomic mass is 10.0. The van der Waals surface area contributed by atoms with E-state index in [9.17, 15) is 10.0 Å². The molecule has 2 rings (SSSR count). The molecule has 0 saturated carbocycles. The van der Waals surface area contributed by atoms with Crippen LogP contribution in [0.4, 0.5) is 0 Å². The fourth-order valence-electron chi connectivity index (χ4n) is 2.40. The number of benzene rings is 2. The van der Waals surface area contributed by atoms with Crippen LogP contribution in [0.2, 0.25) is 0 Å². The SMILES string of the molecule is CCN(CC)C(=O)COc1ccc(/C(=N/O)c2ccccc2)cc1. The van der Waals surface area contributed by atoms with Crippen molar-refractivity contribution >= 4 is 11.6 Å². The fraction of sp³-hybridized carbons (Fsp3) is 0.263. The maximum atomic E-state index is 11.9. The van der Waals surface area contributed by atoms with Crippen LogP contribution in [-0.2, 0) is 4.79 Å². The van der Waals surface area contributed by atoms with E-state index in [-0.39, 0.29) is 12.5 Å². The molecular weight excluding hydrogens is 304 g/mol. The Morgan fingerprint density at radius 3 is 2.12 bits per heavy atom. The summed E-state index contributed by atoms with van der Waals surface area (Å²) in [5.74, 6) is 0.565. The van der Waals surface area contributed by atoms with Gasteiger partial charge in [-0.2, -0.15) is 0 Å². The molecule has 126 valence electrons. The van der Waals surface area contributed by atoms with E-state index in [2.05, 4.69) is 5.16 Å². The number of ether oxygens (including phenoxy) is 1. The first-order valence-corrected chi connectivity index (χ1v) is 7.98. The number of nitrogens with zero attached hydrogens (tertiary/aromatic N) is 2. The third kappa shape index (κ3) is 4.35. The molecular formula is C19H22N2O3. The lowest BCUT2D eigenvalue weighted by molar-refractivity contribution is -0.132. The Morgan fingerprint density at radius 1 is 1.00 bits per heavy atom. The Kier molecular flexibility index (Phi) is 6.37. The van der Waals surface area contributed by atoms with E-state index in [1.54, 1.807) is 29.2 Å². The number of hydrogen-bond acceptors (Lipinski definition) is 4. The van der Waals surface area contributed by atoms with E-state index in [0.717, 1.165) is 11.1 Å². The van der Waals surface area contributed by atoms with Gasteiger partial charge in [0, 0.05) is 24.2 Å². The van der Waals surface area contributed by atoms with E-state index in [1.165, 1.54) is 0 Å². The Balaban J connectivity index is 2.04. The smallest absolute Gasteiger partial charge is 0.260 e. The summed E-state index contributed by atoms with van der Waals surface area (Å²) in [6.07, 6.45) is 0. The molecule has 5 nitrogen and oxygen atoms in total. The number of likely N-dealkylation sites (N-methyl/N-ethyl adjacent to an activating group) is 1. The van der Waals surface area contributed by atoms with Gasteiger partial charge in [-0.1, -0.05) is 35.5 Å². The quantitative estimate of drug-likeness (QED) is 0.483. The number of oxime groups is 1. The molecule has 2 aromatic carbocycles. The first kappa shape index (κ1) is 17.5. The minimum atomic E-state index is -0.0361. The minimum Gasteiger partial charge on any atom is -0.484 e. The standard InChI is InChI=1S/C19H22N2O3/c1-3-21(4-2)18(22)14-24-17-12-10-16(11-13-17)19(20-23)15-8-6-5-7-9-15/h5-13,23H,3-4,14H2,1-2H3/b20-19+. The number of hydrogen-bond donors (Lipinski definition) is 1. The van der Waals surface area contributed by atoms with Gasteiger partial charge in [0.2, 0.25) is 0 Å². The van der Waals surface area contributed by atoms with Crippen molar-refractivity contribution in [3.05, 3.63) is 65.7 Å². The summed E-state index contributed by atoms with van der Waals surface area (Å²) in [4.78, 5) is 13.7. The van der Waals surface area contributed by atoms with Crippen molar-refractivity contribution in [2.45, 2.75) is 13.8 Å². The van der Waals surface area contributed by atoms with Crippen molar-refractivity contribution in [1.29, 1.82) is 0 Å². The predicted molar refractivity (Wildman–Crippen MR) is 93.7 cm³/mol. The predicted octanol–water partition coefficient (Wildman–Crippen LogP) is 3.16. The van der Waals surface area contributed by atoms with Crippen molar-refractivity contribution < 1.29 is 14.7 Å². The number of amides is 1. The van der Waals surface area contributed by atoms with Gasteiger partial charge >= 0.3 is 0 Å². The van der Waals surface area contributed by atoms with Gasteiger partial charge in [0.25, 0.3) is 5.91 Å². The van der Waals surface area contributed by atoms with Crippen LogP contribution in [-0.4, -0.2) is 41.4 Å². The van der Waals surface area contributed by atoms with Gasteiger partial charge < -0.3 is 14.8 Å². The minimum absolute atomic E-state index is 0.0145. The molecule has 0 bridgehead atoms. The highest BCUT2D eigenvalue weighted by Gasteiger charge is 2.11. The molecule has 0 fully saturated rings. The summed E-state index contributed by atoms with van der Waals surface area (Å²) >= 11 is 0. The van der Waals surface area contributed by atoms with Crippen molar-refractivity contribution in [2.24, 2.45) is 5.16 Å². The van der Waals surface area contributed by atoms with Crippen LogP contribution >= 0.6 is 0 Å². The normalized spacial score (nSPS) is 11.2. The van der Waals surface area contributed by atoms with Crippen molar-refractivity contribution in [3.63, 3.8) is 0 Å². The molecule has 0 aromatic heterocycles. The summed E-state index contributed by atoms with van der Waals surface area (Å²) in [6.45, 7) is 5.24. The lowest BCUT2D eigenvalue weighted by Gasteiger charge is -2.18. The molecule has 0 unspecified atom stereocenters. The molecule has 5 heteroatoms. The van der Waals surface area contributed by atoms with Gasteiger partial charge in [0.05, 0.1) is 0 Å². The van der Waals surface area contributed by atoms with Crippen LogP contribution in [0.3, 0.4) is 0 Å². The largest absolute Gasteiger partial charge is 0.484 e. The Morgan fingerprint density at radius 2 is 1.58 bits per heavy atom. The zero-order valence-corrected chi connectivity index (χ0v) is 14.0. The van der Waals surface area contributed by atoms with Gasteiger partial charge in [0.15, 0.2) is 6.61 Å². The molecule has 1 N–H and O–H groups in total. The average Bonchev–Trinajstić information content (AvgIpc) is 2.63. The number of carbonyl (C=O) groups excluding carboxylic acids is 1. The summed E-state index contributed by atoms with van der Waals surface area (Å²) in [6, 6.07) is 16.6. The molecule has 2 aromatic rings. The third-order valence-corrected chi connectivity index (χ3v) is 3.75. The number of carbonyl (C=O) groups is 1. The van der Waals surface area contributed by atoms with Gasteiger partial charge in [-0.3, -0.25) is 4.79 Å². The van der Waals surface area contributed by atoms with Crippen LogP contribution in [0.5, 0.6) is 5.75 Å². The summed E-state index contributed by atoms with van der Waals surface area (Å²) in [5, 5.41) is 12.7. The second-order valence-electron chi connectivity index (χ2n) is 5.19. The summed E-state index contributed by atoms with van der Waals surface area (Å²) in [7, 11) is 0. The third-order valence-electron chi connectivity index (χ3n) is 3.75. The fourth-order valence-corrected chi connectivity index (χ4v) is 2.40. The van der Waals surface area contributed by atoms with Gasteiger partial charge in [-0.05, 0) is 38.1 Å². The molecule has 0 spiro atoms. The van der Waals surface area contributed by atoms with E-state index in [4.69, 9.17) is 4.74 Å². The molecule has 1 amide bonds. The first-order valence-electron chi connectivity index (χ1n) is 7.98. The molecule has 0 saturated heterocycles.